The van der Waals surface area contributed by atoms with Crippen molar-refractivity contribution in [3.05, 3.63) is 47.5 Å². The number of aryl methyl sites for hydroxylation is 1. The van der Waals surface area contributed by atoms with Crippen molar-refractivity contribution in [2.24, 2.45) is 0 Å². The van der Waals surface area contributed by atoms with Crippen molar-refractivity contribution in [3.8, 4) is 0 Å². The lowest BCUT2D eigenvalue weighted by molar-refractivity contribution is -0.00789. The second kappa shape index (κ2) is 7.35. The minimum atomic E-state index is -0.0707. The first-order valence-corrected chi connectivity index (χ1v) is 8.03. The fourth-order valence-corrected chi connectivity index (χ4v) is 2.81. The van der Waals surface area contributed by atoms with Crippen molar-refractivity contribution in [2.45, 2.75) is 32.5 Å². The molecule has 2 aromatic rings. The summed E-state index contributed by atoms with van der Waals surface area (Å²) in [4.78, 5) is 26.7. The molecule has 0 aliphatic carbocycles. The second-order valence-corrected chi connectivity index (χ2v) is 5.87. The summed E-state index contributed by atoms with van der Waals surface area (Å²) >= 11 is 0. The Morgan fingerprint density at radius 3 is 3.04 bits per heavy atom. The molecule has 1 fully saturated rings. The maximum absolute atomic E-state index is 12.7. The molecule has 2 N–H and O–H groups in total. The SMILES string of the molecule is Cc1nc(N)ncc1C(=O)N1CCC[C@H](OCc2ccccn2)C1. The van der Waals surface area contributed by atoms with E-state index < -0.39 is 0 Å². The Balaban J connectivity index is 1.61. The molecule has 3 heterocycles. The van der Waals surface area contributed by atoms with Gasteiger partial charge < -0.3 is 15.4 Å². The van der Waals surface area contributed by atoms with Crippen LogP contribution in [-0.4, -0.2) is 45.0 Å². The van der Waals surface area contributed by atoms with Crippen molar-refractivity contribution < 1.29 is 9.53 Å². The molecule has 1 amide bonds. The van der Waals surface area contributed by atoms with E-state index in [1.165, 1.54) is 6.20 Å². The lowest BCUT2D eigenvalue weighted by Crippen LogP contribution is -2.43. The Hall–Kier alpha value is -2.54. The average Bonchev–Trinajstić information content (AvgIpc) is 2.61. The van der Waals surface area contributed by atoms with Crippen LogP contribution in [0.25, 0.3) is 0 Å². The zero-order valence-corrected chi connectivity index (χ0v) is 13.7. The first-order valence-electron chi connectivity index (χ1n) is 8.03. The number of hydrogen-bond acceptors (Lipinski definition) is 6. The predicted molar refractivity (Wildman–Crippen MR) is 89.1 cm³/mol. The Kier molecular flexibility index (Phi) is 5.00. The summed E-state index contributed by atoms with van der Waals surface area (Å²) in [6.45, 7) is 3.50. The van der Waals surface area contributed by atoms with Gasteiger partial charge in [0.15, 0.2) is 0 Å². The highest BCUT2D eigenvalue weighted by atomic mass is 16.5. The number of carbonyl (C=O) groups is 1. The number of pyridine rings is 1. The number of nitrogens with two attached hydrogens (primary N) is 1. The van der Waals surface area contributed by atoms with E-state index in [-0.39, 0.29) is 18.0 Å². The molecular formula is C17H21N5O2. The number of piperidine rings is 1. The van der Waals surface area contributed by atoms with Gasteiger partial charge in [0.1, 0.15) is 0 Å². The van der Waals surface area contributed by atoms with Gasteiger partial charge in [-0.25, -0.2) is 9.97 Å². The molecule has 1 aliphatic heterocycles. The molecule has 7 heteroatoms. The highest BCUT2D eigenvalue weighted by Gasteiger charge is 2.26. The normalized spacial score (nSPS) is 17.7. The van der Waals surface area contributed by atoms with Gasteiger partial charge in [0.25, 0.3) is 5.91 Å². The molecule has 126 valence electrons. The van der Waals surface area contributed by atoms with Crippen LogP contribution in [0.15, 0.2) is 30.6 Å². The van der Waals surface area contributed by atoms with Gasteiger partial charge in [-0.3, -0.25) is 9.78 Å². The van der Waals surface area contributed by atoms with Crippen molar-refractivity contribution in [1.29, 1.82) is 0 Å². The van der Waals surface area contributed by atoms with Crippen LogP contribution < -0.4 is 5.73 Å². The Bertz CT molecular complexity index is 707. The number of amides is 1. The quantitative estimate of drug-likeness (QED) is 0.916. The molecule has 0 unspecified atom stereocenters. The van der Waals surface area contributed by atoms with Crippen molar-refractivity contribution in [2.75, 3.05) is 18.8 Å². The van der Waals surface area contributed by atoms with Gasteiger partial charge in [-0.15, -0.1) is 0 Å². The Labute approximate surface area is 140 Å². The fraction of sp³-hybridized carbons (Fsp3) is 0.412. The van der Waals surface area contributed by atoms with E-state index in [1.807, 2.05) is 18.2 Å². The molecule has 2 aromatic heterocycles. The Morgan fingerprint density at radius 2 is 2.29 bits per heavy atom. The molecule has 7 nitrogen and oxygen atoms in total. The number of nitrogens with zero attached hydrogens (tertiary/aromatic N) is 4. The summed E-state index contributed by atoms with van der Waals surface area (Å²) in [5.74, 6) is 0.109. The molecule has 0 saturated carbocycles. The number of ether oxygens (including phenoxy) is 1. The third-order valence-corrected chi connectivity index (χ3v) is 4.09. The number of carbonyl (C=O) groups excluding carboxylic acids is 1. The largest absolute Gasteiger partial charge is 0.370 e. The Morgan fingerprint density at radius 1 is 1.42 bits per heavy atom. The number of anilines is 1. The third-order valence-electron chi connectivity index (χ3n) is 4.09. The summed E-state index contributed by atoms with van der Waals surface area (Å²) in [5, 5.41) is 0. The zero-order valence-electron chi connectivity index (χ0n) is 13.7. The topological polar surface area (TPSA) is 94.2 Å². The number of likely N-dealkylation sites (tertiary alicyclic amines) is 1. The van der Waals surface area contributed by atoms with E-state index in [2.05, 4.69) is 15.0 Å². The van der Waals surface area contributed by atoms with Gasteiger partial charge in [0, 0.05) is 25.5 Å². The fourth-order valence-electron chi connectivity index (χ4n) is 2.81. The first kappa shape index (κ1) is 16.3. The van der Waals surface area contributed by atoms with Crippen LogP contribution in [-0.2, 0) is 11.3 Å². The monoisotopic (exact) mass is 327 g/mol. The number of aromatic nitrogens is 3. The minimum Gasteiger partial charge on any atom is -0.370 e. The maximum Gasteiger partial charge on any atom is 0.257 e. The standard InChI is InChI=1S/C17H21N5O2/c1-12-15(9-20-17(18)21-12)16(23)22-8-4-6-14(10-22)24-11-13-5-2-3-7-19-13/h2-3,5,7,9,14H,4,6,8,10-11H2,1H3,(H2,18,20,21)/t14-/m0/s1. The van der Waals surface area contributed by atoms with Crippen molar-refractivity contribution in [3.63, 3.8) is 0 Å². The van der Waals surface area contributed by atoms with Crippen LogP contribution in [0.1, 0.15) is 34.6 Å². The van der Waals surface area contributed by atoms with Crippen molar-refractivity contribution in [1.82, 2.24) is 19.9 Å². The van der Waals surface area contributed by atoms with Gasteiger partial charge >= 0.3 is 0 Å². The smallest absolute Gasteiger partial charge is 0.257 e. The summed E-state index contributed by atoms with van der Waals surface area (Å²) in [6, 6.07) is 5.74. The van der Waals surface area contributed by atoms with E-state index in [0.717, 1.165) is 18.5 Å². The second-order valence-electron chi connectivity index (χ2n) is 5.87. The lowest BCUT2D eigenvalue weighted by Gasteiger charge is -2.32. The van der Waals surface area contributed by atoms with E-state index in [9.17, 15) is 4.79 Å². The van der Waals surface area contributed by atoms with E-state index >= 15 is 0 Å². The van der Waals surface area contributed by atoms with Crippen LogP contribution in [0.4, 0.5) is 5.95 Å². The maximum atomic E-state index is 12.7. The lowest BCUT2D eigenvalue weighted by atomic mass is 10.1. The van der Waals surface area contributed by atoms with Gasteiger partial charge in [-0.1, -0.05) is 6.07 Å². The highest BCUT2D eigenvalue weighted by molar-refractivity contribution is 5.95. The molecule has 0 spiro atoms. The van der Waals surface area contributed by atoms with E-state index in [0.29, 0.717) is 31.0 Å². The highest BCUT2D eigenvalue weighted by Crippen LogP contribution is 2.18. The molecule has 0 bridgehead atoms. The molecule has 0 radical (unpaired) electrons. The summed E-state index contributed by atoms with van der Waals surface area (Å²) in [7, 11) is 0. The van der Waals surface area contributed by atoms with Crippen LogP contribution in [0, 0.1) is 6.92 Å². The molecule has 0 aromatic carbocycles. The molecule has 24 heavy (non-hydrogen) atoms. The van der Waals surface area contributed by atoms with Crippen LogP contribution in [0.5, 0.6) is 0 Å². The number of hydrogen-bond donors (Lipinski definition) is 1. The van der Waals surface area contributed by atoms with Gasteiger partial charge in [0.2, 0.25) is 5.95 Å². The molecule has 3 rings (SSSR count). The third kappa shape index (κ3) is 3.86. The van der Waals surface area contributed by atoms with Gasteiger partial charge in [-0.05, 0) is 31.9 Å². The van der Waals surface area contributed by atoms with E-state index in [4.69, 9.17) is 10.5 Å². The van der Waals surface area contributed by atoms with Crippen LogP contribution in [0.2, 0.25) is 0 Å². The molecular weight excluding hydrogens is 306 g/mol. The number of nitrogen functional groups attached to an aromatic ring is 1. The van der Waals surface area contributed by atoms with Gasteiger partial charge in [-0.2, -0.15) is 0 Å². The van der Waals surface area contributed by atoms with Crippen LogP contribution >= 0.6 is 0 Å². The minimum absolute atomic E-state index is 0.0136. The predicted octanol–water partition coefficient (Wildman–Crippen LogP) is 1.58. The number of rotatable bonds is 4. The zero-order chi connectivity index (χ0) is 16.9. The molecule has 1 saturated heterocycles. The van der Waals surface area contributed by atoms with Gasteiger partial charge in [0.05, 0.1) is 29.7 Å². The first-order chi connectivity index (χ1) is 11.6. The molecule has 1 atom stereocenters. The van der Waals surface area contributed by atoms with Crippen molar-refractivity contribution >= 4 is 11.9 Å². The summed E-state index contributed by atoms with van der Waals surface area (Å²) in [5.41, 5.74) is 7.54. The van der Waals surface area contributed by atoms with Crippen LogP contribution in [0.3, 0.4) is 0 Å². The summed E-state index contributed by atoms with van der Waals surface area (Å²) < 4.78 is 5.93. The average molecular weight is 327 g/mol. The summed E-state index contributed by atoms with van der Waals surface area (Å²) in [6.07, 6.45) is 5.11. The van der Waals surface area contributed by atoms with E-state index in [1.54, 1.807) is 18.0 Å². The molecule has 1 aliphatic rings.